The maximum atomic E-state index is 12.9. The van der Waals surface area contributed by atoms with Gasteiger partial charge in [0, 0.05) is 0 Å². The molecule has 0 saturated heterocycles. The van der Waals surface area contributed by atoms with E-state index in [2.05, 4.69) is 19.9 Å². The number of hydrogen-bond acceptors (Lipinski definition) is 3. The van der Waals surface area contributed by atoms with Crippen LogP contribution in [0.4, 0.5) is 0 Å². The first-order chi connectivity index (χ1) is 13.2. The highest BCUT2D eigenvalue weighted by atomic mass is 16.5. The molecule has 0 aliphatic rings. The summed E-state index contributed by atoms with van der Waals surface area (Å²) in [5.41, 5.74) is 2.52. The van der Waals surface area contributed by atoms with Crippen LogP contribution >= 0.6 is 0 Å². The lowest BCUT2D eigenvalue weighted by atomic mass is 9.99. The molecule has 3 heteroatoms. The first-order valence-electron chi connectivity index (χ1n) is 9.62. The predicted octanol–water partition coefficient (Wildman–Crippen LogP) is 5.86. The van der Waals surface area contributed by atoms with Gasteiger partial charge in [0.25, 0.3) is 0 Å². The second-order valence-electron chi connectivity index (χ2n) is 6.64. The van der Waals surface area contributed by atoms with Gasteiger partial charge in [0.15, 0.2) is 0 Å². The van der Waals surface area contributed by atoms with Crippen LogP contribution in [0.1, 0.15) is 56.2 Å². The summed E-state index contributed by atoms with van der Waals surface area (Å²) in [6.45, 7) is 4.73. The summed E-state index contributed by atoms with van der Waals surface area (Å²) >= 11 is 0. The fourth-order valence-electron chi connectivity index (χ4n) is 2.93. The third kappa shape index (κ3) is 6.11. The van der Waals surface area contributed by atoms with Gasteiger partial charge in [-0.25, -0.2) is 4.79 Å². The number of rotatable bonds is 9. The summed E-state index contributed by atoms with van der Waals surface area (Å²) in [5, 5.41) is 9.34. The van der Waals surface area contributed by atoms with Crippen LogP contribution < -0.4 is 0 Å². The zero-order chi connectivity index (χ0) is 19.5. The van der Waals surface area contributed by atoms with E-state index < -0.39 is 0 Å². The molecular formula is C24H27NO2. The van der Waals surface area contributed by atoms with E-state index >= 15 is 0 Å². The van der Waals surface area contributed by atoms with E-state index in [0.29, 0.717) is 29.2 Å². The van der Waals surface area contributed by atoms with E-state index in [4.69, 9.17) is 4.74 Å². The largest absolute Gasteiger partial charge is 0.462 e. The Kier molecular flexibility index (Phi) is 8.32. The molecule has 0 heterocycles. The van der Waals surface area contributed by atoms with Gasteiger partial charge in [-0.05, 0) is 35.6 Å². The van der Waals surface area contributed by atoms with Gasteiger partial charge < -0.3 is 4.74 Å². The number of benzene rings is 2. The van der Waals surface area contributed by atoms with Gasteiger partial charge in [0.05, 0.1) is 23.8 Å². The summed E-state index contributed by atoms with van der Waals surface area (Å²) in [6.07, 6.45) is 6.11. The quantitative estimate of drug-likeness (QED) is 0.319. The van der Waals surface area contributed by atoms with Crippen molar-refractivity contribution in [2.24, 2.45) is 5.92 Å². The van der Waals surface area contributed by atoms with Gasteiger partial charge in [0.1, 0.15) is 0 Å². The van der Waals surface area contributed by atoms with Crippen molar-refractivity contribution in [3.8, 4) is 6.07 Å². The van der Waals surface area contributed by atoms with Crippen molar-refractivity contribution in [3.63, 3.8) is 0 Å². The average molecular weight is 361 g/mol. The molecule has 140 valence electrons. The van der Waals surface area contributed by atoms with Crippen molar-refractivity contribution < 1.29 is 9.53 Å². The molecule has 2 aromatic carbocycles. The summed E-state index contributed by atoms with van der Waals surface area (Å²) in [5.74, 6) is 0.0428. The van der Waals surface area contributed by atoms with Crippen LogP contribution in [-0.4, -0.2) is 12.6 Å². The van der Waals surface area contributed by atoms with Crippen LogP contribution in [0.2, 0.25) is 0 Å². The van der Waals surface area contributed by atoms with Gasteiger partial charge >= 0.3 is 5.97 Å². The maximum Gasteiger partial charge on any atom is 0.338 e. The molecule has 0 fully saturated rings. The van der Waals surface area contributed by atoms with Gasteiger partial charge in [-0.3, -0.25) is 0 Å². The Morgan fingerprint density at radius 3 is 2.48 bits per heavy atom. The number of unbranched alkanes of at least 4 members (excludes halogenated alkanes) is 1. The number of hydrogen-bond donors (Lipinski definition) is 0. The lowest BCUT2D eigenvalue weighted by Gasteiger charge is -2.16. The van der Waals surface area contributed by atoms with Crippen LogP contribution in [-0.2, 0) is 9.53 Å². The molecular weight excluding hydrogens is 334 g/mol. The molecule has 3 nitrogen and oxygen atoms in total. The van der Waals surface area contributed by atoms with Gasteiger partial charge in [-0.1, -0.05) is 81.6 Å². The smallest absolute Gasteiger partial charge is 0.338 e. The molecule has 0 aromatic heterocycles. The topological polar surface area (TPSA) is 50.1 Å². The van der Waals surface area contributed by atoms with E-state index in [1.54, 1.807) is 12.1 Å². The van der Waals surface area contributed by atoms with Gasteiger partial charge in [0.2, 0.25) is 0 Å². The standard InChI is InChI=1S/C24H27NO2/c1-3-5-11-19(4-2)18-27-24(26)23(20-12-7-6-8-13-20)16-21-14-9-10-15-22(21)17-25/h6-10,12-16,19H,3-5,11,18H2,1-2H3/t19-/m0/s1. The first-order valence-corrected chi connectivity index (χ1v) is 9.62. The van der Waals surface area contributed by atoms with E-state index in [-0.39, 0.29) is 5.97 Å². The van der Waals surface area contributed by atoms with Gasteiger partial charge in [-0.2, -0.15) is 5.26 Å². The number of nitriles is 1. The summed E-state index contributed by atoms with van der Waals surface area (Å²) in [4.78, 5) is 12.9. The van der Waals surface area contributed by atoms with Crippen LogP contribution in [0.5, 0.6) is 0 Å². The number of carbonyl (C=O) groups is 1. The zero-order valence-electron chi connectivity index (χ0n) is 16.2. The highest BCUT2D eigenvalue weighted by Gasteiger charge is 2.17. The lowest BCUT2D eigenvalue weighted by Crippen LogP contribution is -2.15. The Morgan fingerprint density at radius 2 is 1.81 bits per heavy atom. The van der Waals surface area contributed by atoms with Gasteiger partial charge in [-0.15, -0.1) is 0 Å². The molecule has 0 unspecified atom stereocenters. The Hall–Kier alpha value is -2.86. The van der Waals surface area contributed by atoms with E-state index in [0.717, 1.165) is 31.2 Å². The fraction of sp³-hybridized carbons (Fsp3) is 0.333. The fourth-order valence-corrected chi connectivity index (χ4v) is 2.93. The number of carbonyl (C=O) groups excluding carboxylic acids is 1. The van der Waals surface area contributed by atoms with Crippen LogP contribution in [0.25, 0.3) is 11.6 Å². The molecule has 27 heavy (non-hydrogen) atoms. The van der Waals surface area contributed by atoms with Crippen molar-refractivity contribution in [2.45, 2.75) is 39.5 Å². The molecule has 0 N–H and O–H groups in total. The lowest BCUT2D eigenvalue weighted by molar-refractivity contribution is -0.138. The molecule has 0 spiro atoms. The second kappa shape index (κ2) is 11.0. The van der Waals surface area contributed by atoms with Crippen molar-refractivity contribution in [1.82, 2.24) is 0 Å². The zero-order valence-corrected chi connectivity index (χ0v) is 16.2. The third-order valence-electron chi connectivity index (χ3n) is 4.68. The number of nitrogens with zero attached hydrogens (tertiary/aromatic N) is 1. The van der Waals surface area contributed by atoms with Crippen molar-refractivity contribution in [1.29, 1.82) is 5.26 Å². The van der Waals surface area contributed by atoms with Crippen LogP contribution in [0.3, 0.4) is 0 Å². The highest BCUT2D eigenvalue weighted by Crippen LogP contribution is 2.23. The second-order valence-corrected chi connectivity index (χ2v) is 6.64. The number of esters is 1. The molecule has 2 aromatic rings. The normalized spacial score (nSPS) is 12.3. The summed E-state index contributed by atoms with van der Waals surface area (Å²) in [7, 11) is 0. The number of ether oxygens (including phenoxy) is 1. The van der Waals surface area contributed by atoms with E-state index in [1.807, 2.05) is 48.5 Å². The highest BCUT2D eigenvalue weighted by molar-refractivity contribution is 6.21. The van der Waals surface area contributed by atoms with E-state index in [1.165, 1.54) is 0 Å². The molecule has 2 rings (SSSR count). The minimum Gasteiger partial charge on any atom is -0.462 e. The van der Waals surface area contributed by atoms with Crippen LogP contribution in [0.15, 0.2) is 54.6 Å². The molecule has 0 bridgehead atoms. The first kappa shape index (κ1) is 20.5. The van der Waals surface area contributed by atoms with Crippen molar-refractivity contribution in [2.75, 3.05) is 6.61 Å². The average Bonchev–Trinajstić information content (AvgIpc) is 2.72. The Balaban J connectivity index is 2.27. The van der Waals surface area contributed by atoms with Crippen molar-refractivity contribution >= 4 is 17.6 Å². The minimum atomic E-state index is -0.344. The molecule has 0 aliphatic carbocycles. The Morgan fingerprint density at radius 1 is 1.11 bits per heavy atom. The Labute approximate surface area is 162 Å². The Bertz CT molecular complexity index is 803. The summed E-state index contributed by atoms with van der Waals surface area (Å²) < 4.78 is 5.66. The molecule has 1 atom stereocenters. The third-order valence-corrected chi connectivity index (χ3v) is 4.68. The monoisotopic (exact) mass is 361 g/mol. The SMILES string of the molecule is CCCC[C@H](CC)COC(=O)C(=Cc1ccccc1C#N)c1ccccc1. The maximum absolute atomic E-state index is 12.9. The molecule has 0 radical (unpaired) electrons. The summed E-state index contributed by atoms with van der Waals surface area (Å²) in [6, 6.07) is 18.9. The molecule has 0 saturated carbocycles. The van der Waals surface area contributed by atoms with E-state index in [9.17, 15) is 10.1 Å². The minimum absolute atomic E-state index is 0.344. The van der Waals surface area contributed by atoms with Crippen LogP contribution in [0, 0.1) is 17.2 Å². The molecule has 0 amide bonds. The van der Waals surface area contributed by atoms with Crippen molar-refractivity contribution in [3.05, 3.63) is 71.3 Å². The molecule has 0 aliphatic heterocycles. The predicted molar refractivity (Wildman–Crippen MR) is 110 cm³/mol.